The Morgan fingerprint density at radius 3 is 2.42 bits per heavy atom. The number of hydrogen-bond donors (Lipinski definition) is 1. The Bertz CT molecular complexity index is 737. The number of nitrogens with one attached hydrogen (secondary N) is 1. The van der Waals surface area contributed by atoms with Crippen molar-refractivity contribution in [2.75, 3.05) is 0 Å². The molecule has 0 bridgehead atoms. The molecule has 0 atom stereocenters. The highest BCUT2D eigenvalue weighted by Gasteiger charge is 2.32. The van der Waals surface area contributed by atoms with Gasteiger partial charge in [0, 0.05) is 16.8 Å². The standard InChI is InChI=1S/C19H24ClN3O/c1-12-9-17(22-23(12)19(2,3)4)18(24)21-16-10-14(11-16)13-5-7-15(20)8-6-13/h5-9,14,16H,10-11H2,1-4H3,(H,21,24). The molecule has 1 aromatic carbocycles. The second kappa shape index (κ2) is 6.25. The number of halogens is 1. The van der Waals surface area contributed by atoms with Crippen molar-refractivity contribution in [3.63, 3.8) is 0 Å². The van der Waals surface area contributed by atoms with Crippen LogP contribution in [0.2, 0.25) is 5.02 Å². The SMILES string of the molecule is Cc1cc(C(=O)NC2CC(c3ccc(Cl)cc3)C2)nn1C(C)(C)C. The minimum Gasteiger partial charge on any atom is -0.348 e. The fraction of sp³-hybridized carbons (Fsp3) is 0.474. The van der Waals surface area contributed by atoms with Crippen molar-refractivity contribution >= 4 is 17.5 Å². The molecule has 0 spiro atoms. The van der Waals surface area contributed by atoms with E-state index < -0.39 is 0 Å². The number of hydrogen-bond acceptors (Lipinski definition) is 2. The molecular formula is C19H24ClN3O. The van der Waals surface area contributed by atoms with Crippen LogP contribution in [0, 0.1) is 6.92 Å². The molecule has 0 radical (unpaired) electrons. The average molecular weight is 346 g/mol. The van der Waals surface area contributed by atoms with Gasteiger partial charge in [-0.1, -0.05) is 23.7 Å². The highest BCUT2D eigenvalue weighted by atomic mass is 35.5. The second-order valence-corrected chi connectivity index (χ2v) is 8.08. The number of aryl methyl sites for hydroxylation is 1. The van der Waals surface area contributed by atoms with Crippen molar-refractivity contribution in [1.29, 1.82) is 0 Å². The molecule has 24 heavy (non-hydrogen) atoms. The minimum atomic E-state index is -0.126. The molecular weight excluding hydrogens is 322 g/mol. The number of carbonyl (C=O) groups excluding carboxylic acids is 1. The van der Waals surface area contributed by atoms with Crippen molar-refractivity contribution in [2.24, 2.45) is 0 Å². The summed E-state index contributed by atoms with van der Waals surface area (Å²) in [6.45, 7) is 8.22. The number of amides is 1. The first-order valence-electron chi connectivity index (χ1n) is 8.37. The van der Waals surface area contributed by atoms with Crippen LogP contribution in [0.5, 0.6) is 0 Å². The molecule has 1 aliphatic carbocycles. The molecule has 1 aromatic heterocycles. The molecule has 0 unspecified atom stereocenters. The summed E-state index contributed by atoms with van der Waals surface area (Å²) in [6.07, 6.45) is 1.93. The molecule has 1 saturated carbocycles. The lowest BCUT2D eigenvalue weighted by atomic mass is 9.76. The van der Waals surface area contributed by atoms with Crippen molar-refractivity contribution in [3.8, 4) is 0 Å². The van der Waals surface area contributed by atoms with E-state index in [-0.39, 0.29) is 17.5 Å². The average Bonchev–Trinajstić information content (AvgIpc) is 2.86. The summed E-state index contributed by atoms with van der Waals surface area (Å²) in [4.78, 5) is 12.4. The number of nitrogens with zero attached hydrogens (tertiary/aromatic N) is 2. The van der Waals surface area contributed by atoms with Crippen LogP contribution in [-0.4, -0.2) is 21.7 Å². The summed E-state index contributed by atoms with van der Waals surface area (Å²) in [7, 11) is 0. The van der Waals surface area contributed by atoms with Gasteiger partial charge in [-0.05, 0) is 70.2 Å². The summed E-state index contributed by atoms with van der Waals surface area (Å²) in [5, 5.41) is 8.32. The van der Waals surface area contributed by atoms with E-state index in [1.165, 1.54) is 5.56 Å². The first kappa shape index (κ1) is 17.0. The molecule has 1 N–H and O–H groups in total. The van der Waals surface area contributed by atoms with Gasteiger partial charge in [-0.2, -0.15) is 5.10 Å². The maximum atomic E-state index is 12.4. The van der Waals surface area contributed by atoms with E-state index in [1.54, 1.807) is 0 Å². The lowest BCUT2D eigenvalue weighted by Gasteiger charge is -2.36. The Morgan fingerprint density at radius 1 is 1.25 bits per heavy atom. The van der Waals surface area contributed by atoms with E-state index in [4.69, 9.17) is 11.6 Å². The number of carbonyl (C=O) groups is 1. The molecule has 5 heteroatoms. The first-order valence-corrected chi connectivity index (χ1v) is 8.75. The summed E-state index contributed by atoms with van der Waals surface area (Å²) < 4.78 is 1.90. The summed E-state index contributed by atoms with van der Waals surface area (Å²) in [5.74, 6) is 0.419. The maximum absolute atomic E-state index is 12.4. The van der Waals surface area contributed by atoms with E-state index in [0.717, 1.165) is 23.6 Å². The van der Waals surface area contributed by atoms with Crippen LogP contribution in [0.3, 0.4) is 0 Å². The third kappa shape index (κ3) is 3.48. The highest BCUT2D eigenvalue weighted by molar-refractivity contribution is 6.30. The van der Waals surface area contributed by atoms with Crippen LogP contribution >= 0.6 is 11.6 Å². The Morgan fingerprint density at radius 2 is 1.88 bits per heavy atom. The van der Waals surface area contributed by atoms with Gasteiger partial charge >= 0.3 is 0 Å². The predicted molar refractivity (Wildman–Crippen MR) is 96.6 cm³/mol. The van der Waals surface area contributed by atoms with Crippen LogP contribution in [0.1, 0.15) is 61.3 Å². The zero-order valence-electron chi connectivity index (χ0n) is 14.6. The van der Waals surface area contributed by atoms with Crippen LogP contribution in [0.15, 0.2) is 30.3 Å². The molecule has 0 aliphatic heterocycles. The van der Waals surface area contributed by atoms with Crippen LogP contribution < -0.4 is 5.32 Å². The van der Waals surface area contributed by atoms with Gasteiger partial charge in [0.25, 0.3) is 5.91 Å². The van der Waals surface area contributed by atoms with Gasteiger partial charge in [-0.3, -0.25) is 9.48 Å². The Labute approximate surface area is 148 Å². The number of aromatic nitrogens is 2. The fourth-order valence-corrected chi connectivity index (χ4v) is 3.39. The predicted octanol–water partition coefficient (Wildman–Crippen LogP) is 4.28. The van der Waals surface area contributed by atoms with Gasteiger partial charge < -0.3 is 5.32 Å². The van der Waals surface area contributed by atoms with Crippen LogP contribution in [-0.2, 0) is 5.54 Å². The minimum absolute atomic E-state index is 0.0827. The van der Waals surface area contributed by atoms with Gasteiger partial charge in [0.15, 0.2) is 0 Å². The van der Waals surface area contributed by atoms with Crippen molar-refractivity contribution in [1.82, 2.24) is 15.1 Å². The zero-order valence-corrected chi connectivity index (χ0v) is 15.4. The Hall–Kier alpha value is -1.81. The number of rotatable bonds is 3. The van der Waals surface area contributed by atoms with E-state index in [9.17, 15) is 4.79 Å². The van der Waals surface area contributed by atoms with Crippen molar-refractivity contribution in [3.05, 3.63) is 52.3 Å². The van der Waals surface area contributed by atoms with Crippen molar-refractivity contribution < 1.29 is 4.79 Å². The summed E-state index contributed by atoms with van der Waals surface area (Å²) in [5.41, 5.74) is 2.66. The zero-order chi connectivity index (χ0) is 17.5. The third-order valence-corrected chi connectivity index (χ3v) is 4.82. The van der Waals surface area contributed by atoms with Gasteiger partial charge in [0.1, 0.15) is 5.69 Å². The molecule has 1 amide bonds. The molecule has 2 aromatic rings. The monoisotopic (exact) mass is 345 g/mol. The number of benzene rings is 1. The lowest BCUT2D eigenvalue weighted by molar-refractivity contribution is 0.0902. The van der Waals surface area contributed by atoms with E-state index in [0.29, 0.717) is 11.6 Å². The van der Waals surface area contributed by atoms with Gasteiger partial charge in [0.05, 0.1) is 5.54 Å². The topological polar surface area (TPSA) is 46.9 Å². The molecule has 1 aliphatic rings. The quantitative estimate of drug-likeness (QED) is 0.902. The molecule has 3 rings (SSSR count). The molecule has 4 nitrogen and oxygen atoms in total. The summed E-state index contributed by atoms with van der Waals surface area (Å²) in [6, 6.07) is 10.1. The fourth-order valence-electron chi connectivity index (χ4n) is 3.27. The van der Waals surface area contributed by atoms with Gasteiger partial charge in [-0.15, -0.1) is 0 Å². The highest BCUT2D eigenvalue weighted by Crippen LogP contribution is 2.37. The van der Waals surface area contributed by atoms with Crippen LogP contribution in [0.4, 0.5) is 0 Å². The molecule has 0 saturated heterocycles. The Kier molecular flexibility index (Phi) is 4.43. The summed E-state index contributed by atoms with van der Waals surface area (Å²) >= 11 is 5.92. The lowest BCUT2D eigenvalue weighted by Crippen LogP contribution is -2.43. The molecule has 1 heterocycles. The largest absolute Gasteiger partial charge is 0.348 e. The van der Waals surface area contributed by atoms with E-state index in [2.05, 4.69) is 43.3 Å². The molecule has 1 fully saturated rings. The van der Waals surface area contributed by atoms with E-state index in [1.807, 2.05) is 29.8 Å². The van der Waals surface area contributed by atoms with Crippen LogP contribution in [0.25, 0.3) is 0 Å². The third-order valence-electron chi connectivity index (χ3n) is 4.57. The second-order valence-electron chi connectivity index (χ2n) is 7.64. The van der Waals surface area contributed by atoms with Gasteiger partial charge in [-0.25, -0.2) is 0 Å². The Balaban J connectivity index is 1.58. The molecule has 128 valence electrons. The first-order chi connectivity index (χ1) is 11.2. The smallest absolute Gasteiger partial charge is 0.272 e. The van der Waals surface area contributed by atoms with E-state index >= 15 is 0 Å². The maximum Gasteiger partial charge on any atom is 0.272 e. The van der Waals surface area contributed by atoms with Crippen molar-refractivity contribution in [2.45, 2.75) is 58.0 Å². The normalized spacial score (nSPS) is 20.5. The van der Waals surface area contributed by atoms with Gasteiger partial charge in [0.2, 0.25) is 0 Å².